The van der Waals surface area contributed by atoms with Crippen LogP contribution in [0.3, 0.4) is 0 Å². The van der Waals surface area contributed by atoms with Crippen molar-refractivity contribution in [3.05, 3.63) is 89.0 Å². The lowest BCUT2D eigenvalue weighted by molar-refractivity contribution is 0.0953. The SMILES string of the molecule is Cc1cccc(CCCNC(=O)c2ccc(Cn3ccnc3C)cc2)c1. The van der Waals surface area contributed by atoms with E-state index in [-0.39, 0.29) is 5.91 Å². The number of benzene rings is 2. The first-order valence-corrected chi connectivity index (χ1v) is 9.02. The maximum atomic E-state index is 12.3. The van der Waals surface area contributed by atoms with Crippen molar-refractivity contribution in [1.29, 1.82) is 0 Å². The third-order valence-electron chi connectivity index (χ3n) is 4.50. The highest BCUT2D eigenvalue weighted by molar-refractivity contribution is 5.94. The minimum Gasteiger partial charge on any atom is -0.352 e. The summed E-state index contributed by atoms with van der Waals surface area (Å²) in [6.07, 6.45) is 5.68. The Balaban J connectivity index is 1.46. The van der Waals surface area contributed by atoms with Crippen LogP contribution in [0.25, 0.3) is 0 Å². The molecular formula is C22H25N3O. The second-order valence-corrected chi connectivity index (χ2v) is 6.65. The molecule has 26 heavy (non-hydrogen) atoms. The van der Waals surface area contributed by atoms with Crippen molar-refractivity contribution >= 4 is 5.91 Å². The lowest BCUT2D eigenvalue weighted by Gasteiger charge is -2.08. The van der Waals surface area contributed by atoms with E-state index in [2.05, 4.69) is 46.1 Å². The summed E-state index contributed by atoms with van der Waals surface area (Å²) in [5.41, 5.74) is 4.45. The first-order valence-electron chi connectivity index (χ1n) is 9.02. The fourth-order valence-electron chi connectivity index (χ4n) is 2.99. The van der Waals surface area contributed by atoms with Gasteiger partial charge in [0.05, 0.1) is 0 Å². The van der Waals surface area contributed by atoms with E-state index in [1.165, 1.54) is 11.1 Å². The Bertz CT molecular complexity index is 865. The van der Waals surface area contributed by atoms with Crippen LogP contribution >= 0.6 is 0 Å². The largest absolute Gasteiger partial charge is 0.352 e. The summed E-state index contributed by atoms with van der Waals surface area (Å²) in [5.74, 6) is 0.972. The molecule has 1 amide bonds. The molecule has 0 spiro atoms. The Morgan fingerprint density at radius 3 is 2.58 bits per heavy atom. The number of imidazole rings is 1. The molecule has 0 aliphatic carbocycles. The topological polar surface area (TPSA) is 46.9 Å². The molecule has 0 radical (unpaired) electrons. The predicted molar refractivity (Wildman–Crippen MR) is 104 cm³/mol. The lowest BCUT2D eigenvalue weighted by atomic mass is 10.1. The second-order valence-electron chi connectivity index (χ2n) is 6.65. The van der Waals surface area contributed by atoms with E-state index in [1.54, 1.807) is 6.20 Å². The van der Waals surface area contributed by atoms with Crippen LogP contribution in [-0.4, -0.2) is 22.0 Å². The van der Waals surface area contributed by atoms with E-state index in [0.29, 0.717) is 12.1 Å². The van der Waals surface area contributed by atoms with Crippen molar-refractivity contribution in [2.45, 2.75) is 33.2 Å². The number of carbonyl (C=O) groups is 1. The minimum absolute atomic E-state index is 0.0143. The van der Waals surface area contributed by atoms with Gasteiger partial charge in [0.15, 0.2) is 0 Å². The quantitative estimate of drug-likeness (QED) is 0.659. The van der Waals surface area contributed by atoms with Crippen LogP contribution in [0, 0.1) is 13.8 Å². The minimum atomic E-state index is -0.0143. The number of amides is 1. The Morgan fingerprint density at radius 1 is 1.08 bits per heavy atom. The average Bonchev–Trinajstić information content (AvgIpc) is 3.04. The molecule has 134 valence electrons. The average molecular weight is 347 g/mol. The highest BCUT2D eigenvalue weighted by Gasteiger charge is 2.05. The van der Waals surface area contributed by atoms with Crippen LogP contribution in [0.4, 0.5) is 0 Å². The van der Waals surface area contributed by atoms with Gasteiger partial charge in [-0.15, -0.1) is 0 Å². The number of nitrogens with one attached hydrogen (secondary N) is 1. The number of rotatable bonds is 7. The van der Waals surface area contributed by atoms with Crippen molar-refractivity contribution in [3.8, 4) is 0 Å². The highest BCUT2D eigenvalue weighted by Crippen LogP contribution is 2.09. The van der Waals surface area contributed by atoms with Crippen molar-refractivity contribution in [1.82, 2.24) is 14.9 Å². The van der Waals surface area contributed by atoms with E-state index in [9.17, 15) is 4.79 Å². The van der Waals surface area contributed by atoms with Crippen LogP contribution < -0.4 is 5.32 Å². The van der Waals surface area contributed by atoms with Crippen molar-refractivity contribution in [3.63, 3.8) is 0 Å². The molecule has 0 bridgehead atoms. The number of aromatic nitrogens is 2. The molecule has 0 saturated heterocycles. The fourth-order valence-corrected chi connectivity index (χ4v) is 2.99. The van der Waals surface area contributed by atoms with Gasteiger partial charge in [-0.2, -0.15) is 0 Å². The monoisotopic (exact) mass is 347 g/mol. The van der Waals surface area contributed by atoms with E-state index >= 15 is 0 Å². The first-order chi connectivity index (χ1) is 12.6. The van der Waals surface area contributed by atoms with Crippen LogP contribution in [0.15, 0.2) is 60.9 Å². The van der Waals surface area contributed by atoms with E-state index < -0.39 is 0 Å². The van der Waals surface area contributed by atoms with Crippen LogP contribution in [-0.2, 0) is 13.0 Å². The Hall–Kier alpha value is -2.88. The van der Waals surface area contributed by atoms with Gasteiger partial charge in [0.25, 0.3) is 5.91 Å². The summed E-state index contributed by atoms with van der Waals surface area (Å²) in [6, 6.07) is 16.3. The molecule has 4 heteroatoms. The molecule has 0 saturated carbocycles. The maximum Gasteiger partial charge on any atom is 0.251 e. The van der Waals surface area contributed by atoms with Gasteiger partial charge in [-0.25, -0.2) is 4.98 Å². The van der Waals surface area contributed by atoms with Crippen LogP contribution in [0.1, 0.15) is 39.3 Å². The molecule has 1 heterocycles. The molecule has 3 rings (SSSR count). The second kappa shape index (κ2) is 8.48. The van der Waals surface area contributed by atoms with E-state index in [0.717, 1.165) is 30.8 Å². The Kier molecular flexibility index (Phi) is 5.84. The molecule has 0 atom stereocenters. The summed E-state index contributed by atoms with van der Waals surface area (Å²) in [7, 11) is 0. The van der Waals surface area contributed by atoms with Gasteiger partial charge in [0.2, 0.25) is 0 Å². The fraction of sp³-hybridized carbons (Fsp3) is 0.273. The van der Waals surface area contributed by atoms with E-state index in [4.69, 9.17) is 0 Å². The summed E-state index contributed by atoms with van der Waals surface area (Å²) in [5, 5.41) is 3.00. The van der Waals surface area contributed by atoms with Crippen molar-refractivity contribution < 1.29 is 4.79 Å². The molecular weight excluding hydrogens is 322 g/mol. The summed E-state index contributed by atoms with van der Waals surface area (Å²) < 4.78 is 2.08. The van der Waals surface area contributed by atoms with Gasteiger partial charge in [0.1, 0.15) is 5.82 Å². The molecule has 2 aromatic carbocycles. The van der Waals surface area contributed by atoms with Gasteiger partial charge in [0, 0.05) is 31.0 Å². The molecule has 4 nitrogen and oxygen atoms in total. The van der Waals surface area contributed by atoms with Gasteiger partial charge in [-0.3, -0.25) is 4.79 Å². The molecule has 0 fully saturated rings. The molecule has 0 aliphatic heterocycles. The van der Waals surface area contributed by atoms with Crippen molar-refractivity contribution in [2.75, 3.05) is 6.54 Å². The molecule has 1 N–H and O–H groups in total. The van der Waals surface area contributed by atoms with Crippen molar-refractivity contribution in [2.24, 2.45) is 0 Å². The standard InChI is InChI=1S/C22H25N3O/c1-17-5-3-6-19(15-17)7-4-12-24-22(26)21-10-8-20(9-11-21)16-25-14-13-23-18(25)2/h3,5-6,8-11,13-15H,4,7,12,16H2,1-2H3,(H,24,26). The zero-order valence-electron chi connectivity index (χ0n) is 15.4. The highest BCUT2D eigenvalue weighted by atomic mass is 16.1. The summed E-state index contributed by atoms with van der Waals surface area (Å²) in [6.45, 7) is 5.54. The number of hydrogen-bond acceptors (Lipinski definition) is 2. The molecule has 0 unspecified atom stereocenters. The molecule has 0 aliphatic rings. The Morgan fingerprint density at radius 2 is 1.88 bits per heavy atom. The Labute approximate surface area is 154 Å². The van der Waals surface area contributed by atoms with Crippen LogP contribution in [0.2, 0.25) is 0 Å². The molecule has 1 aromatic heterocycles. The number of carbonyl (C=O) groups excluding carboxylic acids is 1. The zero-order valence-corrected chi connectivity index (χ0v) is 15.4. The number of hydrogen-bond donors (Lipinski definition) is 1. The van der Waals surface area contributed by atoms with Gasteiger partial charge in [-0.1, -0.05) is 42.0 Å². The summed E-state index contributed by atoms with van der Waals surface area (Å²) in [4.78, 5) is 16.5. The first kappa shape index (κ1) is 17.9. The summed E-state index contributed by atoms with van der Waals surface area (Å²) >= 11 is 0. The zero-order chi connectivity index (χ0) is 18.4. The smallest absolute Gasteiger partial charge is 0.251 e. The van der Waals surface area contributed by atoms with E-state index in [1.807, 2.05) is 37.4 Å². The normalized spacial score (nSPS) is 10.7. The number of aryl methyl sites for hydroxylation is 3. The maximum absolute atomic E-state index is 12.3. The molecule has 3 aromatic rings. The number of nitrogens with zero attached hydrogens (tertiary/aromatic N) is 2. The lowest BCUT2D eigenvalue weighted by Crippen LogP contribution is -2.24. The van der Waals surface area contributed by atoms with Gasteiger partial charge in [-0.05, 0) is 49.9 Å². The van der Waals surface area contributed by atoms with Crippen LogP contribution in [0.5, 0.6) is 0 Å². The van der Waals surface area contributed by atoms with Gasteiger partial charge < -0.3 is 9.88 Å². The third kappa shape index (κ3) is 4.82. The van der Waals surface area contributed by atoms with Gasteiger partial charge >= 0.3 is 0 Å². The predicted octanol–water partition coefficient (Wildman–Crippen LogP) is 3.91. The third-order valence-corrected chi connectivity index (χ3v) is 4.50.